The van der Waals surface area contributed by atoms with Crippen LogP contribution in [0.15, 0.2) is 0 Å². The molecular formula is C23H38O4. The van der Waals surface area contributed by atoms with Gasteiger partial charge in [-0.1, -0.05) is 13.8 Å². The van der Waals surface area contributed by atoms with Gasteiger partial charge in [0.05, 0.1) is 18.9 Å². The van der Waals surface area contributed by atoms with E-state index in [0.29, 0.717) is 5.92 Å². The second-order valence-corrected chi connectivity index (χ2v) is 10.4. The van der Waals surface area contributed by atoms with Crippen molar-refractivity contribution in [2.75, 3.05) is 7.11 Å². The zero-order valence-corrected chi connectivity index (χ0v) is 18.0. The van der Waals surface area contributed by atoms with Crippen LogP contribution in [0.25, 0.3) is 0 Å². The molecule has 4 rings (SSSR count). The first-order valence-corrected chi connectivity index (χ1v) is 11.0. The Balaban J connectivity index is 0.000000226. The third-order valence-corrected chi connectivity index (χ3v) is 7.66. The molecule has 4 saturated carbocycles. The maximum absolute atomic E-state index is 12.4. The average molecular weight is 379 g/mol. The third-order valence-electron chi connectivity index (χ3n) is 7.66. The summed E-state index contributed by atoms with van der Waals surface area (Å²) >= 11 is 0. The molecule has 4 heteroatoms. The van der Waals surface area contributed by atoms with E-state index < -0.39 is 0 Å². The van der Waals surface area contributed by atoms with Crippen LogP contribution in [0.5, 0.6) is 0 Å². The first-order valence-electron chi connectivity index (χ1n) is 11.0. The van der Waals surface area contributed by atoms with Crippen molar-refractivity contribution in [3.05, 3.63) is 0 Å². The van der Waals surface area contributed by atoms with Crippen molar-refractivity contribution in [3.8, 4) is 0 Å². The lowest BCUT2D eigenvalue weighted by molar-refractivity contribution is -0.163. The molecule has 0 radical (unpaired) electrons. The van der Waals surface area contributed by atoms with Gasteiger partial charge in [0.1, 0.15) is 5.60 Å². The number of methoxy groups -OCH3 is 1. The van der Waals surface area contributed by atoms with Gasteiger partial charge in [-0.15, -0.1) is 0 Å². The summed E-state index contributed by atoms with van der Waals surface area (Å²) in [5.41, 5.74) is -0.326. The summed E-state index contributed by atoms with van der Waals surface area (Å²) < 4.78 is 10.1. The molecule has 0 aliphatic heterocycles. The number of rotatable bonds is 3. The van der Waals surface area contributed by atoms with E-state index in [2.05, 4.69) is 4.74 Å². The fraction of sp³-hybridized carbons (Fsp3) is 0.913. The van der Waals surface area contributed by atoms with Crippen LogP contribution in [0.4, 0.5) is 0 Å². The van der Waals surface area contributed by atoms with Crippen molar-refractivity contribution < 1.29 is 19.1 Å². The molecule has 8 unspecified atom stereocenters. The molecule has 8 atom stereocenters. The van der Waals surface area contributed by atoms with Gasteiger partial charge in [0.2, 0.25) is 0 Å². The van der Waals surface area contributed by atoms with Crippen LogP contribution in [0.2, 0.25) is 0 Å². The summed E-state index contributed by atoms with van der Waals surface area (Å²) in [6.07, 6.45) is 7.70. The Kier molecular flexibility index (Phi) is 5.93. The van der Waals surface area contributed by atoms with Gasteiger partial charge < -0.3 is 9.47 Å². The fourth-order valence-electron chi connectivity index (χ4n) is 6.58. The van der Waals surface area contributed by atoms with Gasteiger partial charge in [-0.2, -0.15) is 0 Å². The van der Waals surface area contributed by atoms with Crippen LogP contribution in [-0.4, -0.2) is 24.6 Å². The molecule has 154 valence electrons. The van der Waals surface area contributed by atoms with E-state index in [1.165, 1.54) is 32.8 Å². The Bertz CT molecular complexity index is 563. The number of carbonyl (C=O) groups excluding carboxylic acids is 2. The molecule has 4 aliphatic rings. The van der Waals surface area contributed by atoms with Crippen LogP contribution >= 0.6 is 0 Å². The van der Waals surface area contributed by atoms with Gasteiger partial charge in [-0.25, -0.2) is 0 Å². The van der Waals surface area contributed by atoms with Gasteiger partial charge in [0.25, 0.3) is 0 Å². The van der Waals surface area contributed by atoms with Gasteiger partial charge in [-0.05, 0) is 94.8 Å². The first kappa shape index (κ1) is 20.7. The number of hydrogen-bond donors (Lipinski definition) is 0. The molecule has 0 aromatic rings. The molecule has 27 heavy (non-hydrogen) atoms. The van der Waals surface area contributed by atoms with Crippen molar-refractivity contribution in [3.63, 3.8) is 0 Å². The predicted molar refractivity (Wildman–Crippen MR) is 105 cm³/mol. The smallest absolute Gasteiger partial charge is 0.309 e. The molecule has 0 aromatic carbocycles. The molecule has 0 aromatic heterocycles. The van der Waals surface area contributed by atoms with Crippen LogP contribution in [0, 0.1) is 47.3 Å². The Morgan fingerprint density at radius 2 is 1.63 bits per heavy atom. The summed E-state index contributed by atoms with van der Waals surface area (Å²) in [6, 6.07) is 0. The molecule has 4 aliphatic carbocycles. The lowest BCUT2D eigenvalue weighted by atomic mass is 9.67. The highest BCUT2D eigenvalue weighted by molar-refractivity contribution is 5.74. The van der Waals surface area contributed by atoms with Crippen LogP contribution < -0.4 is 0 Å². The second kappa shape index (κ2) is 7.75. The van der Waals surface area contributed by atoms with E-state index in [0.717, 1.165) is 42.4 Å². The Morgan fingerprint density at radius 1 is 1.00 bits per heavy atom. The van der Waals surface area contributed by atoms with Crippen molar-refractivity contribution in [2.45, 2.75) is 78.7 Å². The van der Waals surface area contributed by atoms with Crippen molar-refractivity contribution >= 4 is 11.9 Å². The quantitative estimate of drug-likeness (QED) is 0.520. The highest BCUT2D eigenvalue weighted by Crippen LogP contribution is 2.68. The number of fused-ring (bicyclic) bond motifs is 9. The Hall–Kier alpha value is -1.06. The van der Waals surface area contributed by atoms with Crippen molar-refractivity contribution in [1.29, 1.82) is 0 Å². The summed E-state index contributed by atoms with van der Waals surface area (Å²) in [7, 11) is 1.41. The maximum atomic E-state index is 12.4. The molecule has 4 nitrogen and oxygen atoms in total. The highest BCUT2D eigenvalue weighted by atomic mass is 16.6. The minimum atomic E-state index is -0.326. The molecule has 0 saturated heterocycles. The zero-order chi connectivity index (χ0) is 19.9. The number of hydrogen-bond acceptors (Lipinski definition) is 4. The number of carbonyl (C=O) groups is 2. The second-order valence-electron chi connectivity index (χ2n) is 10.4. The van der Waals surface area contributed by atoms with E-state index >= 15 is 0 Å². The molecule has 4 bridgehead atoms. The topological polar surface area (TPSA) is 52.6 Å². The van der Waals surface area contributed by atoms with E-state index in [1.54, 1.807) is 0 Å². The largest absolute Gasteiger partial charge is 0.469 e. The third kappa shape index (κ3) is 4.05. The van der Waals surface area contributed by atoms with Gasteiger partial charge >= 0.3 is 11.9 Å². The molecule has 4 fully saturated rings. The molecule has 0 amide bonds. The first-order chi connectivity index (χ1) is 12.7. The Labute approximate surface area is 164 Å². The summed E-state index contributed by atoms with van der Waals surface area (Å²) in [5, 5.41) is 0. The number of esters is 2. The SMILES string of the molecule is CC(C)(C)OC(=O)C1CC2CC1C1C3CCC(C3)C21.CCC(C)C(=O)OC. The standard InChI is InChI=1S/C17H26O2.C6H12O2/c1-17(2,3)19-16(18)13-8-11-7-12(13)15-10-5-4-9(6-10)14(11)15;1-4-5(2)6(7)8-3/h9-15H,4-8H2,1-3H3;5H,4H2,1-3H3. The van der Waals surface area contributed by atoms with Crippen LogP contribution in [-0.2, 0) is 19.1 Å². The van der Waals surface area contributed by atoms with Gasteiger partial charge in [0, 0.05) is 0 Å². The van der Waals surface area contributed by atoms with Crippen molar-refractivity contribution in [1.82, 2.24) is 0 Å². The maximum Gasteiger partial charge on any atom is 0.309 e. The van der Waals surface area contributed by atoms with Crippen LogP contribution in [0.1, 0.15) is 73.1 Å². The lowest BCUT2D eigenvalue weighted by Gasteiger charge is -2.38. The minimum absolute atomic E-state index is 0.0556. The average Bonchev–Trinajstić information content (AvgIpc) is 3.37. The highest BCUT2D eigenvalue weighted by Gasteiger charge is 2.63. The van der Waals surface area contributed by atoms with E-state index in [4.69, 9.17) is 4.74 Å². The fourth-order valence-corrected chi connectivity index (χ4v) is 6.58. The van der Waals surface area contributed by atoms with E-state index in [1.807, 2.05) is 34.6 Å². The van der Waals surface area contributed by atoms with Gasteiger partial charge in [-0.3, -0.25) is 9.59 Å². The summed E-state index contributed by atoms with van der Waals surface area (Å²) in [6.45, 7) is 9.77. The molecule has 0 spiro atoms. The zero-order valence-electron chi connectivity index (χ0n) is 18.0. The van der Waals surface area contributed by atoms with Crippen molar-refractivity contribution in [2.24, 2.45) is 47.3 Å². The van der Waals surface area contributed by atoms with E-state index in [-0.39, 0.29) is 29.4 Å². The molecule has 0 N–H and O–H groups in total. The predicted octanol–water partition coefficient (Wildman–Crippen LogP) is 4.85. The van der Waals surface area contributed by atoms with Gasteiger partial charge in [0.15, 0.2) is 0 Å². The monoisotopic (exact) mass is 378 g/mol. The summed E-state index contributed by atoms with van der Waals surface area (Å²) in [4.78, 5) is 22.9. The summed E-state index contributed by atoms with van der Waals surface area (Å²) in [5.74, 6) is 5.62. The van der Waals surface area contributed by atoms with E-state index in [9.17, 15) is 9.59 Å². The number of ether oxygens (including phenoxy) is 2. The lowest BCUT2D eigenvalue weighted by Crippen LogP contribution is -2.38. The molecular weight excluding hydrogens is 340 g/mol. The van der Waals surface area contributed by atoms with Crippen LogP contribution in [0.3, 0.4) is 0 Å². The molecule has 0 heterocycles. The normalized spacial score (nSPS) is 39.4. The minimum Gasteiger partial charge on any atom is -0.469 e. The Morgan fingerprint density at radius 3 is 2.15 bits per heavy atom.